The lowest BCUT2D eigenvalue weighted by atomic mass is 9.80. The Labute approximate surface area is 209 Å². The van der Waals surface area contributed by atoms with E-state index in [1.54, 1.807) is 0 Å². The molecule has 39 heavy (non-hydrogen) atoms. The predicted molar refractivity (Wildman–Crippen MR) is 100 cm³/mol. The Morgan fingerprint density at radius 2 is 0.949 bits per heavy atom. The lowest BCUT2D eigenvalue weighted by Crippen LogP contribution is -2.74. The van der Waals surface area contributed by atoms with E-state index in [9.17, 15) is 74.6 Å². The second-order valence-corrected chi connectivity index (χ2v) is 9.00. The Hall–Kier alpha value is -2.01. The first-order valence-electron chi connectivity index (χ1n) is 10.3. The van der Waals surface area contributed by atoms with Crippen molar-refractivity contribution in [2.75, 3.05) is 7.11 Å². The first-order chi connectivity index (χ1) is 16.9. The molecule has 0 aromatic heterocycles. The smallest absolute Gasteiger partial charge is 0.374 e. The van der Waals surface area contributed by atoms with E-state index >= 15 is 0 Å². The van der Waals surface area contributed by atoms with Gasteiger partial charge in [0.05, 0.1) is 12.0 Å². The van der Waals surface area contributed by atoms with Crippen molar-refractivity contribution in [2.45, 2.75) is 86.3 Å². The number of methoxy groups -OCH3 is 1. The minimum atomic E-state index is -8.66. The molecule has 0 aliphatic rings. The zero-order valence-corrected chi connectivity index (χ0v) is 19.9. The molecule has 228 valence electrons. The molecule has 0 fully saturated rings. The zero-order chi connectivity index (χ0) is 31.5. The minimum Gasteiger partial charge on any atom is -0.374 e. The highest BCUT2D eigenvalue weighted by molar-refractivity contribution is 5.35. The summed E-state index contributed by atoms with van der Waals surface area (Å²) in [5, 5.41) is 0. The molecule has 0 amide bonds. The van der Waals surface area contributed by atoms with Crippen LogP contribution in [0.5, 0.6) is 0 Å². The van der Waals surface area contributed by atoms with Crippen molar-refractivity contribution in [3.8, 4) is 0 Å². The maximum atomic E-state index is 14.6. The number of benzene rings is 1. The second-order valence-electron chi connectivity index (χ2n) is 9.00. The van der Waals surface area contributed by atoms with Crippen LogP contribution < -0.4 is 0 Å². The topological polar surface area (TPSA) is 9.23 Å². The van der Waals surface area contributed by atoms with Gasteiger partial charge in [-0.25, -0.2) is 0 Å². The molecule has 0 spiro atoms. The third kappa shape index (κ3) is 5.02. The molecule has 0 bridgehead atoms. The van der Waals surface area contributed by atoms with Crippen molar-refractivity contribution in [1.82, 2.24) is 0 Å². The van der Waals surface area contributed by atoms with Crippen LogP contribution in [-0.4, -0.2) is 54.7 Å². The van der Waals surface area contributed by atoms with E-state index in [1.807, 2.05) is 0 Å². The van der Waals surface area contributed by atoms with Gasteiger partial charge in [-0.3, -0.25) is 0 Å². The molecule has 0 saturated carbocycles. The molecule has 1 nitrogen and oxygen atoms in total. The van der Waals surface area contributed by atoms with E-state index in [1.165, 1.54) is 26.0 Å². The fourth-order valence-corrected chi connectivity index (χ4v) is 3.49. The monoisotopic (exact) mass is 610 g/mol. The van der Waals surface area contributed by atoms with Gasteiger partial charge in [-0.05, 0) is 24.0 Å². The Bertz CT molecular complexity index is 1010. The van der Waals surface area contributed by atoms with Crippen LogP contribution in [-0.2, 0) is 10.3 Å². The molecular formula is C21H19F17O. The van der Waals surface area contributed by atoms with Gasteiger partial charge in [0.1, 0.15) is 0 Å². The molecule has 1 aromatic rings. The summed E-state index contributed by atoms with van der Waals surface area (Å²) in [5.74, 6) is -57.2. The Morgan fingerprint density at radius 3 is 1.31 bits per heavy atom. The highest BCUT2D eigenvalue weighted by Gasteiger charge is 2.95. The maximum absolute atomic E-state index is 14.6. The number of alkyl halides is 17. The molecule has 0 saturated heterocycles. The summed E-state index contributed by atoms with van der Waals surface area (Å²) in [6.45, 7) is 3.45. The van der Waals surface area contributed by atoms with E-state index in [0.717, 1.165) is 12.1 Å². The van der Waals surface area contributed by atoms with Crippen molar-refractivity contribution in [3.05, 3.63) is 35.4 Å². The SMILES string of the molecule is COC(C)(CC(F)(F)C(F)(F)C(F)(F)C(F)(F)C(F)(F)C(F)(F)C(F)(F)C(F)(F)F)c1ccccc1C(C)C. The third-order valence-electron chi connectivity index (χ3n) is 5.95. The van der Waals surface area contributed by atoms with Crippen molar-refractivity contribution in [1.29, 1.82) is 0 Å². The maximum Gasteiger partial charge on any atom is 0.460 e. The fraction of sp³-hybridized carbons (Fsp3) is 0.714. The zero-order valence-electron chi connectivity index (χ0n) is 19.9. The quantitative estimate of drug-likeness (QED) is 0.227. The van der Waals surface area contributed by atoms with Crippen LogP contribution in [0, 0.1) is 0 Å². The largest absolute Gasteiger partial charge is 0.460 e. The van der Waals surface area contributed by atoms with Crippen LogP contribution in [0.3, 0.4) is 0 Å². The summed E-state index contributed by atoms with van der Waals surface area (Å²) >= 11 is 0. The molecule has 1 aromatic carbocycles. The van der Waals surface area contributed by atoms with Crippen LogP contribution in [0.4, 0.5) is 74.6 Å². The summed E-state index contributed by atoms with van der Waals surface area (Å²) in [7, 11) is 0.575. The normalized spacial score (nSPS) is 17.0. The summed E-state index contributed by atoms with van der Waals surface area (Å²) in [5.41, 5.74) is -3.12. The molecule has 1 unspecified atom stereocenters. The highest BCUT2D eigenvalue weighted by atomic mass is 19.4. The average molecular weight is 610 g/mol. The molecule has 1 rings (SSSR count). The van der Waals surface area contributed by atoms with Gasteiger partial charge >= 0.3 is 47.6 Å². The lowest BCUT2D eigenvalue weighted by molar-refractivity contribution is -0.462. The predicted octanol–water partition coefficient (Wildman–Crippen LogP) is 9.07. The lowest BCUT2D eigenvalue weighted by Gasteiger charge is -2.44. The number of hydrogen-bond donors (Lipinski definition) is 0. The second kappa shape index (κ2) is 9.82. The van der Waals surface area contributed by atoms with Crippen molar-refractivity contribution in [2.24, 2.45) is 0 Å². The van der Waals surface area contributed by atoms with Crippen LogP contribution >= 0.6 is 0 Å². The van der Waals surface area contributed by atoms with Crippen LogP contribution in [0.25, 0.3) is 0 Å². The van der Waals surface area contributed by atoms with Gasteiger partial charge in [0, 0.05) is 7.11 Å². The Morgan fingerprint density at radius 1 is 0.590 bits per heavy atom. The summed E-state index contributed by atoms with van der Waals surface area (Å²) in [6.07, 6.45) is -10.5. The highest BCUT2D eigenvalue weighted by Crippen LogP contribution is 2.64. The van der Waals surface area contributed by atoms with E-state index in [-0.39, 0.29) is 5.56 Å². The Balaban J connectivity index is 3.73. The molecule has 0 aliphatic carbocycles. The van der Waals surface area contributed by atoms with E-state index in [2.05, 4.69) is 0 Å². The molecule has 0 N–H and O–H groups in total. The molecule has 0 aliphatic heterocycles. The number of rotatable bonds is 11. The number of ether oxygens (including phenoxy) is 1. The van der Waals surface area contributed by atoms with Crippen LogP contribution in [0.2, 0.25) is 0 Å². The standard InChI is InChI=1S/C21H19F17O/c1-10(2)11-7-5-6-8-12(11)13(3,39-4)9-14(22,23)15(24,25)16(26,27)17(28,29)18(30,31)19(32,33)20(34,35)21(36,37)38/h5-8,10H,9H2,1-4H3. The number of hydrogen-bond acceptors (Lipinski definition) is 1. The van der Waals surface area contributed by atoms with Gasteiger partial charge < -0.3 is 4.74 Å². The first-order valence-corrected chi connectivity index (χ1v) is 10.3. The molecular weight excluding hydrogens is 591 g/mol. The minimum absolute atomic E-state index is 0.0682. The molecule has 0 radical (unpaired) electrons. The van der Waals surface area contributed by atoms with Crippen LogP contribution in [0.1, 0.15) is 44.2 Å². The Kier molecular flexibility index (Phi) is 8.82. The molecule has 0 heterocycles. The van der Waals surface area contributed by atoms with Gasteiger partial charge in [-0.1, -0.05) is 38.1 Å². The average Bonchev–Trinajstić information content (AvgIpc) is 2.77. The van der Waals surface area contributed by atoms with Crippen molar-refractivity contribution < 1.29 is 79.4 Å². The van der Waals surface area contributed by atoms with Crippen LogP contribution in [0.15, 0.2) is 24.3 Å². The summed E-state index contributed by atoms with van der Waals surface area (Å²) in [4.78, 5) is 0. The third-order valence-corrected chi connectivity index (χ3v) is 5.95. The summed E-state index contributed by atoms with van der Waals surface area (Å²) < 4.78 is 235. The van der Waals surface area contributed by atoms with Gasteiger partial charge in [-0.15, -0.1) is 0 Å². The van der Waals surface area contributed by atoms with Gasteiger partial charge in [-0.2, -0.15) is 74.6 Å². The first kappa shape index (κ1) is 35.0. The summed E-state index contributed by atoms with van der Waals surface area (Å²) in [6, 6.07) is 4.64. The van der Waals surface area contributed by atoms with Crippen molar-refractivity contribution in [3.63, 3.8) is 0 Å². The molecule has 1 atom stereocenters. The van der Waals surface area contributed by atoms with E-state index in [4.69, 9.17) is 4.74 Å². The van der Waals surface area contributed by atoms with Gasteiger partial charge in [0.25, 0.3) is 0 Å². The molecule has 18 heteroatoms. The fourth-order valence-electron chi connectivity index (χ4n) is 3.49. The van der Waals surface area contributed by atoms with E-state index in [0.29, 0.717) is 14.0 Å². The van der Waals surface area contributed by atoms with Crippen molar-refractivity contribution >= 4 is 0 Å². The van der Waals surface area contributed by atoms with Gasteiger partial charge in [0.15, 0.2) is 0 Å². The van der Waals surface area contributed by atoms with Gasteiger partial charge in [0.2, 0.25) is 0 Å². The number of halogens is 17. The van der Waals surface area contributed by atoms with E-state index < -0.39 is 71.1 Å².